The van der Waals surface area contributed by atoms with E-state index in [0.29, 0.717) is 6.54 Å². The summed E-state index contributed by atoms with van der Waals surface area (Å²) in [6, 6.07) is 8.28. The molecule has 1 atom stereocenters. The predicted molar refractivity (Wildman–Crippen MR) is 116 cm³/mol. The summed E-state index contributed by atoms with van der Waals surface area (Å²) in [7, 11) is 0. The maximum atomic E-state index is 14.1. The number of aromatic amines is 1. The largest absolute Gasteiger partial charge is 0.356 e. The minimum atomic E-state index is -0.961. The first-order valence-electron chi connectivity index (χ1n) is 11.1. The summed E-state index contributed by atoms with van der Waals surface area (Å²) in [4.78, 5) is 34.6. The highest BCUT2D eigenvalue weighted by atomic mass is 16.2. The number of piperazine rings is 1. The van der Waals surface area contributed by atoms with Gasteiger partial charge in [-0.3, -0.25) is 9.59 Å². The molecule has 0 aliphatic carbocycles. The predicted octanol–water partition coefficient (Wildman–Crippen LogP) is 1.89. The molecule has 0 spiro atoms. The van der Waals surface area contributed by atoms with E-state index in [-0.39, 0.29) is 35.5 Å². The van der Waals surface area contributed by atoms with E-state index in [9.17, 15) is 9.59 Å². The van der Waals surface area contributed by atoms with Crippen molar-refractivity contribution in [1.82, 2.24) is 14.8 Å². The van der Waals surface area contributed by atoms with Gasteiger partial charge in [0.2, 0.25) is 5.91 Å². The Morgan fingerprint density at radius 1 is 1.03 bits per heavy atom. The van der Waals surface area contributed by atoms with Gasteiger partial charge in [0, 0.05) is 36.3 Å². The Balaban J connectivity index is 1.59. The van der Waals surface area contributed by atoms with Crippen molar-refractivity contribution in [2.24, 2.45) is 0 Å². The van der Waals surface area contributed by atoms with Crippen molar-refractivity contribution in [3.05, 3.63) is 35.5 Å². The number of carbonyl (C=O) groups excluding carboxylic acids is 2. The summed E-state index contributed by atoms with van der Waals surface area (Å²) in [5, 5.41) is 3.58. The van der Waals surface area contributed by atoms with Crippen molar-refractivity contribution in [2.45, 2.75) is 76.5 Å². The van der Waals surface area contributed by atoms with Crippen LogP contribution in [0.5, 0.6) is 0 Å². The van der Waals surface area contributed by atoms with Gasteiger partial charge in [0.1, 0.15) is 6.54 Å². The molecule has 2 aromatic rings. The van der Waals surface area contributed by atoms with Crippen LogP contribution in [0.25, 0.3) is 10.9 Å². The molecule has 0 unspecified atom stereocenters. The first-order chi connectivity index (χ1) is 14.0. The number of fused-ring (bicyclic) bond motifs is 5. The van der Waals surface area contributed by atoms with Crippen molar-refractivity contribution >= 4 is 22.7 Å². The smallest absolute Gasteiger partial charge is 0.255 e. The fourth-order valence-corrected chi connectivity index (χ4v) is 6.61. The lowest BCUT2D eigenvalue weighted by Gasteiger charge is -2.54. The Morgan fingerprint density at radius 2 is 1.70 bits per heavy atom. The molecule has 6 nitrogen and oxygen atoms in total. The number of carbonyl (C=O) groups is 2. The molecule has 2 fully saturated rings. The molecular weight excluding hydrogens is 376 g/mol. The molecule has 3 aliphatic heterocycles. The lowest BCUT2D eigenvalue weighted by molar-refractivity contribution is -0.788. The molecule has 2 amide bonds. The third kappa shape index (κ3) is 2.73. The standard InChI is InChI=1S/C24H32N4O2/c1-22(2)12-15(13-23(3,4)26-22)27-14-19(29)28-11-10-17-16-8-6-7-9-18(16)25-20(17)24(28,5)21(27)30/h6-9,15,25-26H,10-14H2,1-5H3/p+1/t24-/m1/s1. The third-order valence-corrected chi connectivity index (χ3v) is 7.46. The number of quaternary nitrogens is 1. The maximum Gasteiger partial charge on any atom is 0.255 e. The number of rotatable bonds is 1. The Kier molecular flexibility index (Phi) is 3.99. The second-order valence-electron chi connectivity index (χ2n) is 11.0. The topological polar surface area (TPSA) is 73.0 Å². The van der Waals surface area contributed by atoms with Crippen molar-refractivity contribution in [2.75, 3.05) is 13.1 Å². The third-order valence-electron chi connectivity index (χ3n) is 7.46. The van der Waals surface area contributed by atoms with Crippen LogP contribution in [0, 0.1) is 0 Å². The summed E-state index contributed by atoms with van der Waals surface area (Å²) in [5.74, 6) is 0.125. The Hall–Kier alpha value is -2.34. The van der Waals surface area contributed by atoms with E-state index in [1.807, 2.05) is 28.9 Å². The number of nitrogens with two attached hydrogens (primary N) is 1. The van der Waals surface area contributed by atoms with Crippen molar-refractivity contribution in [3.63, 3.8) is 0 Å². The molecule has 1 aromatic carbocycles. The first-order valence-corrected chi connectivity index (χ1v) is 11.1. The van der Waals surface area contributed by atoms with Gasteiger partial charge in [-0.1, -0.05) is 18.2 Å². The zero-order valence-corrected chi connectivity index (χ0v) is 18.7. The number of para-hydroxylation sites is 1. The number of hydrogen-bond acceptors (Lipinski definition) is 2. The van der Waals surface area contributed by atoms with Crippen LogP contribution in [0.1, 0.15) is 58.7 Å². The highest BCUT2D eigenvalue weighted by molar-refractivity contribution is 6.00. The van der Waals surface area contributed by atoms with Crippen LogP contribution in [0.4, 0.5) is 0 Å². The van der Waals surface area contributed by atoms with Gasteiger partial charge in [0.25, 0.3) is 5.91 Å². The van der Waals surface area contributed by atoms with E-state index in [0.717, 1.165) is 30.5 Å². The Bertz CT molecular complexity index is 1040. The summed E-state index contributed by atoms with van der Waals surface area (Å²) >= 11 is 0. The average molecular weight is 410 g/mol. The molecule has 2 saturated heterocycles. The molecule has 0 bridgehead atoms. The number of amides is 2. The maximum absolute atomic E-state index is 14.1. The highest BCUT2D eigenvalue weighted by Crippen LogP contribution is 2.43. The van der Waals surface area contributed by atoms with Gasteiger partial charge >= 0.3 is 0 Å². The van der Waals surface area contributed by atoms with Gasteiger partial charge in [0.15, 0.2) is 5.54 Å². The van der Waals surface area contributed by atoms with Gasteiger partial charge in [-0.15, -0.1) is 0 Å². The molecular formula is C24H33N4O2+. The molecule has 0 radical (unpaired) electrons. The number of aromatic nitrogens is 1. The average Bonchev–Trinajstić information content (AvgIpc) is 3.02. The summed E-state index contributed by atoms with van der Waals surface area (Å²) < 4.78 is 0. The van der Waals surface area contributed by atoms with Gasteiger partial charge in [-0.05, 0) is 52.7 Å². The van der Waals surface area contributed by atoms with Crippen LogP contribution in [-0.4, -0.2) is 56.8 Å². The Morgan fingerprint density at radius 3 is 2.40 bits per heavy atom. The van der Waals surface area contributed by atoms with E-state index >= 15 is 0 Å². The van der Waals surface area contributed by atoms with Crippen LogP contribution in [0.3, 0.4) is 0 Å². The molecule has 1 aromatic heterocycles. The highest BCUT2D eigenvalue weighted by Gasteiger charge is 2.57. The molecule has 4 heterocycles. The summed E-state index contributed by atoms with van der Waals surface area (Å²) in [6.07, 6.45) is 2.57. The van der Waals surface area contributed by atoms with Crippen molar-refractivity contribution in [1.29, 1.82) is 0 Å². The van der Waals surface area contributed by atoms with Crippen molar-refractivity contribution < 1.29 is 14.9 Å². The van der Waals surface area contributed by atoms with Crippen LogP contribution in [0.15, 0.2) is 24.3 Å². The molecule has 6 heteroatoms. The van der Waals surface area contributed by atoms with Crippen LogP contribution >= 0.6 is 0 Å². The lowest BCUT2D eigenvalue weighted by atomic mass is 9.77. The van der Waals surface area contributed by atoms with Crippen molar-refractivity contribution in [3.8, 4) is 0 Å². The number of hydrogen-bond donors (Lipinski definition) is 2. The fraction of sp³-hybridized carbons (Fsp3) is 0.583. The number of benzene rings is 1. The molecule has 3 N–H and O–H groups in total. The lowest BCUT2D eigenvalue weighted by Crippen LogP contribution is -3.06. The molecule has 30 heavy (non-hydrogen) atoms. The monoisotopic (exact) mass is 409 g/mol. The number of H-pyrrole nitrogens is 1. The molecule has 160 valence electrons. The second-order valence-corrected chi connectivity index (χ2v) is 11.0. The second kappa shape index (κ2) is 6.10. The normalized spacial score (nSPS) is 28.6. The van der Waals surface area contributed by atoms with Crippen LogP contribution in [-0.2, 0) is 21.5 Å². The summed E-state index contributed by atoms with van der Waals surface area (Å²) in [6.45, 7) is 11.7. The van der Waals surface area contributed by atoms with E-state index in [2.05, 4.69) is 50.1 Å². The zero-order chi connectivity index (χ0) is 21.5. The molecule has 3 aliphatic rings. The Labute approximate surface area is 178 Å². The number of nitrogens with zero attached hydrogens (tertiary/aromatic N) is 2. The van der Waals surface area contributed by atoms with Crippen LogP contribution in [0.2, 0.25) is 0 Å². The van der Waals surface area contributed by atoms with E-state index in [1.54, 1.807) is 0 Å². The fourth-order valence-electron chi connectivity index (χ4n) is 6.61. The molecule has 0 saturated carbocycles. The quantitative estimate of drug-likeness (QED) is 0.755. The molecule has 5 rings (SSSR count). The van der Waals surface area contributed by atoms with E-state index in [1.165, 1.54) is 10.9 Å². The van der Waals surface area contributed by atoms with Crippen LogP contribution < -0.4 is 5.32 Å². The minimum absolute atomic E-state index is 0.0343. The number of nitrogens with one attached hydrogen (secondary N) is 1. The van der Waals surface area contributed by atoms with Gasteiger partial charge < -0.3 is 20.1 Å². The SMILES string of the molecule is CC1(C)CC(N2CC(=O)N3CCc4c([nH]c5ccccc45)[C@]3(C)C2=O)CC(C)(C)[NH2+]1. The minimum Gasteiger partial charge on any atom is -0.356 e. The first kappa shape index (κ1) is 19.6. The summed E-state index contributed by atoms with van der Waals surface area (Å²) in [5.41, 5.74) is 2.23. The van der Waals surface area contributed by atoms with E-state index in [4.69, 9.17) is 0 Å². The van der Waals surface area contributed by atoms with Gasteiger partial charge in [-0.2, -0.15) is 0 Å². The zero-order valence-electron chi connectivity index (χ0n) is 18.7. The van der Waals surface area contributed by atoms with Gasteiger partial charge in [0.05, 0.1) is 16.8 Å². The van der Waals surface area contributed by atoms with E-state index < -0.39 is 5.54 Å². The number of piperidine rings is 1. The van der Waals surface area contributed by atoms with Gasteiger partial charge in [-0.25, -0.2) is 0 Å².